The Labute approximate surface area is 173 Å². The zero-order valence-electron chi connectivity index (χ0n) is 15.4. The Morgan fingerprint density at radius 2 is 1.72 bits per heavy atom. The van der Waals surface area contributed by atoms with E-state index < -0.39 is 0 Å². The Balaban J connectivity index is 1.44. The highest BCUT2D eigenvalue weighted by Crippen LogP contribution is 2.48. The Bertz CT molecular complexity index is 1130. The first kappa shape index (κ1) is 16.7. The molecule has 0 N–H and O–H groups in total. The van der Waals surface area contributed by atoms with Crippen molar-refractivity contribution < 1.29 is 14.2 Å². The average molecular weight is 405 g/mol. The fraction of sp³-hybridized carbons (Fsp3) is 0.174. The lowest BCUT2D eigenvalue weighted by molar-refractivity contribution is -0.0190. The monoisotopic (exact) mass is 404 g/mol. The highest BCUT2D eigenvalue weighted by molar-refractivity contribution is 6.30. The Morgan fingerprint density at radius 1 is 0.897 bits per heavy atom. The van der Waals surface area contributed by atoms with Gasteiger partial charge in [-0.1, -0.05) is 41.9 Å². The summed E-state index contributed by atoms with van der Waals surface area (Å²) in [6.45, 7) is 0.260. The van der Waals surface area contributed by atoms with Gasteiger partial charge in [-0.3, -0.25) is 0 Å². The van der Waals surface area contributed by atoms with E-state index in [1.807, 2.05) is 59.6 Å². The van der Waals surface area contributed by atoms with Crippen molar-refractivity contribution in [3.63, 3.8) is 0 Å². The molecule has 0 saturated heterocycles. The number of hydrazone groups is 1. The molecule has 0 bridgehead atoms. The van der Waals surface area contributed by atoms with Gasteiger partial charge in [-0.15, -0.1) is 0 Å². The fourth-order valence-electron chi connectivity index (χ4n) is 4.15. The van der Waals surface area contributed by atoms with Crippen LogP contribution in [0.1, 0.15) is 35.4 Å². The predicted octanol–water partition coefficient (Wildman–Crippen LogP) is 5.31. The minimum Gasteiger partial charge on any atom is -0.464 e. The van der Waals surface area contributed by atoms with Crippen LogP contribution in [0.4, 0.5) is 0 Å². The lowest BCUT2D eigenvalue weighted by Gasteiger charge is -2.38. The van der Waals surface area contributed by atoms with Crippen LogP contribution >= 0.6 is 11.6 Å². The van der Waals surface area contributed by atoms with Crippen molar-refractivity contribution in [2.45, 2.75) is 18.7 Å². The van der Waals surface area contributed by atoms with Crippen LogP contribution in [0.2, 0.25) is 5.02 Å². The second kappa shape index (κ2) is 6.42. The third-order valence-electron chi connectivity index (χ3n) is 5.54. The molecule has 144 valence electrons. The Morgan fingerprint density at radius 3 is 2.62 bits per heavy atom. The summed E-state index contributed by atoms with van der Waals surface area (Å²) in [4.78, 5) is 0. The number of nitrogens with zero attached hydrogens (tertiary/aromatic N) is 2. The van der Waals surface area contributed by atoms with Gasteiger partial charge < -0.3 is 14.2 Å². The molecular formula is C23H17ClN2O3. The molecule has 3 heterocycles. The predicted molar refractivity (Wildman–Crippen MR) is 110 cm³/mol. The smallest absolute Gasteiger partial charge is 0.231 e. The van der Waals surface area contributed by atoms with Gasteiger partial charge in [-0.05, 0) is 36.4 Å². The van der Waals surface area contributed by atoms with Crippen LogP contribution in [0, 0.1) is 0 Å². The van der Waals surface area contributed by atoms with E-state index in [0.29, 0.717) is 5.02 Å². The minimum absolute atomic E-state index is 0.0584. The molecule has 6 rings (SSSR count). The van der Waals surface area contributed by atoms with E-state index in [-0.39, 0.29) is 19.1 Å². The molecule has 0 fully saturated rings. The van der Waals surface area contributed by atoms with Gasteiger partial charge in [-0.2, -0.15) is 5.10 Å². The fourth-order valence-corrected chi connectivity index (χ4v) is 4.33. The number of benzene rings is 3. The van der Waals surface area contributed by atoms with Crippen LogP contribution in [0.15, 0.2) is 71.8 Å². The highest BCUT2D eigenvalue weighted by Gasteiger charge is 2.41. The molecule has 3 aromatic rings. The van der Waals surface area contributed by atoms with Gasteiger partial charge in [0.05, 0.1) is 11.8 Å². The minimum atomic E-state index is -0.290. The number of hydrogen-bond donors (Lipinski definition) is 0. The summed E-state index contributed by atoms with van der Waals surface area (Å²) in [6, 6.07) is 22.0. The molecule has 5 nitrogen and oxygen atoms in total. The van der Waals surface area contributed by atoms with Gasteiger partial charge >= 0.3 is 0 Å². The van der Waals surface area contributed by atoms with E-state index in [4.69, 9.17) is 30.9 Å². The van der Waals surface area contributed by atoms with E-state index in [1.165, 1.54) is 0 Å². The maximum atomic E-state index is 6.36. The van der Waals surface area contributed by atoms with Gasteiger partial charge in [0.2, 0.25) is 13.0 Å². The van der Waals surface area contributed by atoms with Crippen molar-refractivity contribution in [3.8, 4) is 17.2 Å². The number of hydrogen-bond acceptors (Lipinski definition) is 5. The highest BCUT2D eigenvalue weighted by atomic mass is 35.5. The molecule has 3 aliphatic rings. The van der Waals surface area contributed by atoms with Gasteiger partial charge in [0.1, 0.15) is 5.75 Å². The van der Waals surface area contributed by atoms with E-state index in [0.717, 1.165) is 46.1 Å². The van der Waals surface area contributed by atoms with E-state index in [2.05, 4.69) is 12.1 Å². The maximum Gasteiger partial charge on any atom is 0.231 e. The molecule has 0 aliphatic carbocycles. The topological polar surface area (TPSA) is 43.3 Å². The normalized spacial score (nSPS) is 21.3. The molecule has 2 atom stereocenters. The number of rotatable bonds is 2. The van der Waals surface area contributed by atoms with Gasteiger partial charge in [-0.25, -0.2) is 5.01 Å². The quantitative estimate of drug-likeness (QED) is 0.580. The van der Waals surface area contributed by atoms with Crippen molar-refractivity contribution in [1.29, 1.82) is 0 Å². The average Bonchev–Trinajstić information content (AvgIpc) is 3.40. The molecule has 3 aliphatic heterocycles. The molecular weight excluding hydrogens is 388 g/mol. The van der Waals surface area contributed by atoms with Crippen LogP contribution in [0.5, 0.6) is 17.2 Å². The molecule has 0 unspecified atom stereocenters. The molecule has 6 heteroatoms. The van der Waals surface area contributed by atoms with Crippen molar-refractivity contribution in [3.05, 3.63) is 88.4 Å². The zero-order chi connectivity index (χ0) is 19.4. The maximum absolute atomic E-state index is 6.36. The van der Waals surface area contributed by atoms with Crippen molar-refractivity contribution in [2.24, 2.45) is 5.10 Å². The van der Waals surface area contributed by atoms with Gasteiger partial charge in [0.25, 0.3) is 0 Å². The van der Waals surface area contributed by atoms with Crippen LogP contribution < -0.4 is 14.2 Å². The second-order valence-corrected chi connectivity index (χ2v) is 7.71. The SMILES string of the molecule is Clc1ccc2c(c1)[C@H]1CC(c3ccc4c(c3)OCO4)=NN1[C@H](c1ccccc1)O2. The first-order valence-electron chi connectivity index (χ1n) is 9.53. The van der Waals surface area contributed by atoms with E-state index in [9.17, 15) is 0 Å². The summed E-state index contributed by atoms with van der Waals surface area (Å²) < 4.78 is 17.3. The van der Waals surface area contributed by atoms with Crippen molar-refractivity contribution >= 4 is 17.3 Å². The molecule has 0 amide bonds. The standard InChI is InChI=1S/C23H17ClN2O3/c24-16-7-9-20-17(11-16)19-12-18(15-6-8-21-22(10-15)28-13-27-21)25-26(19)23(29-20)14-4-2-1-3-5-14/h1-11,19,23H,12-13H2/t19-,23+/m1/s1. The largest absolute Gasteiger partial charge is 0.464 e. The summed E-state index contributed by atoms with van der Waals surface area (Å²) in [5.74, 6) is 2.38. The van der Waals surface area contributed by atoms with Gasteiger partial charge in [0, 0.05) is 28.1 Å². The van der Waals surface area contributed by atoms with Crippen molar-refractivity contribution in [2.75, 3.05) is 6.79 Å². The number of fused-ring (bicyclic) bond motifs is 4. The Hall–Kier alpha value is -3.18. The first-order chi connectivity index (χ1) is 14.3. The van der Waals surface area contributed by atoms with Gasteiger partial charge in [0.15, 0.2) is 11.5 Å². The first-order valence-corrected chi connectivity index (χ1v) is 9.91. The number of ether oxygens (including phenoxy) is 3. The summed E-state index contributed by atoms with van der Waals surface area (Å²) >= 11 is 6.30. The molecule has 29 heavy (non-hydrogen) atoms. The summed E-state index contributed by atoms with van der Waals surface area (Å²) in [5.41, 5.74) is 4.14. The zero-order valence-corrected chi connectivity index (χ0v) is 16.2. The molecule has 0 radical (unpaired) electrons. The van der Waals surface area contributed by atoms with Crippen LogP contribution in [-0.4, -0.2) is 17.5 Å². The molecule has 3 aromatic carbocycles. The summed E-state index contributed by atoms with van der Waals surface area (Å²) in [6.07, 6.45) is 0.473. The third-order valence-corrected chi connectivity index (χ3v) is 5.78. The van der Waals surface area contributed by atoms with E-state index >= 15 is 0 Å². The van der Waals surface area contributed by atoms with Crippen molar-refractivity contribution in [1.82, 2.24) is 5.01 Å². The molecule has 0 saturated carbocycles. The Kier molecular flexibility index (Phi) is 3.71. The van der Waals surface area contributed by atoms with Crippen LogP contribution in [0.25, 0.3) is 0 Å². The van der Waals surface area contributed by atoms with Crippen LogP contribution in [-0.2, 0) is 0 Å². The van der Waals surface area contributed by atoms with E-state index in [1.54, 1.807) is 0 Å². The lowest BCUT2D eigenvalue weighted by atomic mass is 9.95. The molecule has 0 aromatic heterocycles. The lowest BCUT2D eigenvalue weighted by Crippen LogP contribution is -2.33. The number of halogens is 1. The van der Waals surface area contributed by atoms with Crippen LogP contribution in [0.3, 0.4) is 0 Å². The third kappa shape index (κ3) is 2.73. The summed E-state index contributed by atoms with van der Waals surface area (Å²) in [7, 11) is 0. The summed E-state index contributed by atoms with van der Waals surface area (Å²) in [5, 5.41) is 7.72. The second-order valence-electron chi connectivity index (χ2n) is 7.28. The molecule has 0 spiro atoms.